The maximum Gasteiger partial charge on any atom is 0.326 e. The van der Waals surface area contributed by atoms with Crippen LogP contribution in [0.5, 0.6) is 0 Å². The van der Waals surface area contributed by atoms with E-state index in [2.05, 4.69) is 11.9 Å². The molecule has 0 saturated carbocycles. The van der Waals surface area contributed by atoms with Crippen LogP contribution in [0, 0.1) is 5.92 Å². The zero-order chi connectivity index (χ0) is 14.4. The fourth-order valence-corrected chi connectivity index (χ4v) is 2.00. The maximum atomic E-state index is 12.0. The highest BCUT2D eigenvalue weighted by Crippen LogP contribution is 2.17. The smallest absolute Gasteiger partial charge is 0.326 e. The summed E-state index contributed by atoms with van der Waals surface area (Å²) in [7, 11) is 1.70. The second kappa shape index (κ2) is 6.92. The number of allylic oxidation sites excluding steroid dienone is 1. The quantitative estimate of drug-likeness (QED) is 0.682. The number of carboxylic acids is 1. The summed E-state index contributed by atoms with van der Waals surface area (Å²) in [4.78, 5) is 36.1. The zero-order valence-electron chi connectivity index (χ0n) is 11.1. The van der Waals surface area contributed by atoms with E-state index in [1.165, 1.54) is 0 Å². The molecule has 106 valence electrons. The molecule has 2 unspecified atom stereocenters. The minimum atomic E-state index is -1.06. The third-order valence-corrected chi connectivity index (χ3v) is 3.30. The van der Waals surface area contributed by atoms with Gasteiger partial charge in [0.15, 0.2) is 0 Å². The van der Waals surface area contributed by atoms with Gasteiger partial charge in [0, 0.05) is 25.9 Å². The molecule has 0 spiro atoms. The standard InChI is InChI=1S/C13H20N2O4/c1-3-4-5-10(13(18)19)14-12(17)9-6-7-15(2)11(16)8-9/h3,9-10H,1,4-8H2,2H3,(H,14,17)(H,18,19). The molecule has 6 nitrogen and oxygen atoms in total. The molecule has 0 aromatic heterocycles. The lowest BCUT2D eigenvalue weighted by atomic mass is 9.95. The highest BCUT2D eigenvalue weighted by Gasteiger charge is 2.30. The normalized spacial score (nSPS) is 20.8. The summed E-state index contributed by atoms with van der Waals surface area (Å²) < 4.78 is 0. The topological polar surface area (TPSA) is 86.7 Å². The van der Waals surface area contributed by atoms with Gasteiger partial charge in [-0.3, -0.25) is 9.59 Å². The van der Waals surface area contributed by atoms with Gasteiger partial charge in [-0.15, -0.1) is 6.58 Å². The number of aliphatic carboxylic acids is 1. The lowest BCUT2D eigenvalue weighted by Gasteiger charge is -2.28. The van der Waals surface area contributed by atoms with Gasteiger partial charge in [0.05, 0.1) is 0 Å². The SMILES string of the molecule is C=CCCC(NC(=O)C1CCN(C)C(=O)C1)C(=O)O. The number of carbonyl (C=O) groups is 3. The van der Waals surface area contributed by atoms with E-state index in [-0.39, 0.29) is 18.2 Å². The summed E-state index contributed by atoms with van der Waals surface area (Å²) >= 11 is 0. The van der Waals surface area contributed by atoms with Gasteiger partial charge in [-0.25, -0.2) is 4.79 Å². The van der Waals surface area contributed by atoms with Crippen LogP contribution in [-0.2, 0) is 14.4 Å². The lowest BCUT2D eigenvalue weighted by Crippen LogP contribution is -2.47. The summed E-state index contributed by atoms with van der Waals surface area (Å²) in [6.07, 6.45) is 3.16. The Bertz CT molecular complexity index is 381. The third kappa shape index (κ3) is 4.39. The number of hydrogen-bond donors (Lipinski definition) is 2. The Hall–Kier alpha value is -1.85. The molecule has 1 heterocycles. The largest absolute Gasteiger partial charge is 0.480 e. The Balaban J connectivity index is 2.54. The van der Waals surface area contributed by atoms with Crippen LogP contribution in [0.15, 0.2) is 12.7 Å². The molecule has 0 aromatic rings. The molecule has 0 aromatic carbocycles. The predicted octanol–water partition coefficient (Wildman–Crippen LogP) is 0.390. The summed E-state index contributed by atoms with van der Waals surface area (Å²) in [5, 5.41) is 11.5. The van der Waals surface area contributed by atoms with Crippen LogP contribution in [0.2, 0.25) is 0 Å². The molecule has 0 aliphatic carbocycles. The van der Waals surface area contributed by atoms with Crippen LogP contribution in [0.25, 0.3) is 0 Å². The molecule has 19 heavy (non-hydrogen) atoms. The highest BCUT2D eigenvalue weighted by atomic mass is 16.4. The molecule has 6 heteroatoms. The fraction of sp³-hybridized carbons (Fsp3) is 0.615. The van der Waals surface area contributed by atoms with Crippen LogP contribution in [0.4, 0.5) is 0 Å². The van der Waals surface area contributed by atoms with Gasteiger partial charge in [-0.2, -0.15) is 0 Å². The zero-order valence-corrected chi connectivity index (χ0v) is 11.1. The second-order valence-corrected chi connectivity index (χ2v) is 4.77. The van der Waals surface area contributed by atoms with Crippen molar-refractivity contribution in [2.45, 2.75) is 31.7 Å². The average molecular weight is 268 g/mol. The van der Waals surface area contributed by atoms with E-state index >= 15 is 0 Å². The number of carboxylic acid groups (broad SMARTS) is 1. The molecule has 2 amide bonds. The number of rotatable bonds is 6. The van der Waals surface area contributed by atoms with Crippen molar-refractivity contribution >= 4 is 17.8 Å². The Morgan fingerprint density at radius 3 is 2.84 bits per heavy atom. The van der Waals surface area contributed by atoms with Gasteiger partial charge in [-0.05, 0) is 19.3 Å². The van der Waals surface area contributed by atoms with Gasteiger partial charge in [0.25, 0.3) is 0 Å². The van der Waals surface area contributed by atoms with Crippen molar-refractivity contribution in [1.29, 1.82) is 0 Å². The van der Waals surface area contributed by atoms with E-state index in [9.17, 15) is 14.4 Å². The van der Waals surface area contributed by atoms with E-state index in [0.29, 0.717) is 25.8 Å². The number of nitrogens with zero attached hydrogens (tertiary/aromatic N) is 1. The van der Waals surface area contributed by atoms with Crippen LogP contribution < -0.4 is 5.32 Å². The maximum absolute atomic E-state index is 12.0. The molecule has 0 bridgehead atoms. The Labute approximate surface area is 112 Å². The van der Waals surface area contributed by atoms with Crippen molar-refractivity contribution in [2.75, 3.05) is 13.6 Å². The highest BCUT2D eigenvalue weighted by molar-refractivity contribution is 5.89. The molecule has 1 aliphatic rings. The minimum Gasteiger partial charge on any atom is -0.480 e. The molecule has 2 atom stereocenters. The minimum absolute atomic E-state index is 0.0793. The molecular formula is C13H20N2O4. The van der Waals surface area contributed by atoms with Crippen molar-refractivity contribution in [1.82, 2.24) is 10.2 Å². The Kier molecular flexibility index (Phi) is 5.54. The van der Waals surface area contributed by atoms with Crippen molar-refractivity contribution in [3.05, 3.63) is 12.7 Å². The van der Waals surface area contributed by atoms with Crippen molar-refractivity contribution in [3.63, 3.8) is 0 Å². The van der Waals surface area contributed by atoms with Gasteiger partial charge < -0.3 is 15.3 Å². The van der Waals surface area contributed by atoms with Crippen LogP contribution in [-0.4, -0.2) is 47.4 Å². The number of hydrogen-bond acceptors (Lipinski definition) is 3. The first-order valence-corrected chi connectivity index (χ1v) is 6.33. The third-order valence-electron chi connectivity index (χ3n) is 3.30. The van der Waals surface area contributed by atoms with E-state index < -0.39 is 17.9 Å². The summed E-state index contributed by atoms with van der Waals surface area (Å²) in [6.45, 7) is 4.05. The van der Waals surface area contributed by atoms with Gasteiger partial charge in [0.2, 0.25) is 11.8 Å². The summed E-state index contributed by atoms with van der Waals surface area (Å²) in [5.41, 5.74) is 0. The fourth-order valence-electron chi connectivity index (χ4n) is 2.00. The first-order valence-electron chi connectivity index (χ1n) is 6.33. The molecule has 2 N–H and O–H groups in total. The number of carbonyl (C=O) groups excluding carboxylic acids is 2. The van der Waals surface area contributed by atoms with E-state index in [1.54, 1.807) is 18.0 Å². The van der Waals surface area contributed by atoms with Gasteiger partial charge in [0.1, 0.15) is 6.04 Å². The Morgan fingerprint density at radius 1 is 1.63 bits per heavy atom. The van der Waals surface area contributed by atoms with Crippen molar-refractivity contribution in [2.24, 2.45) is 5.92 Å². The second-order valence-electron chi connectivity index (χ2n) is 4.77. The van der Waals surface area contributed by atoms with Crippen LogP contribution >= 0.6 is 0 Å². The first kappa shape index (κ1) is 15.2. The van der Waals surface area contributed by atoms with E-state index in [4.69, 9.17) is 5.11 Å². The van der Waals surface area contributed by atoms with Gasteiger partial charge in [-0.1, -0.05) is 6.08 Å². The predicted molar refractivity (Wildman–Crippen MR) is 69.4 cm³/mol. The average Bonchev–Trinajstić information content (AvgIpc) is 2.37. The monoisotopic (exact) mass is 268 g/mol. The molecule has 1 fully saturated rings. The number of nitrogens with one attached hydrogen (secondary N) is 1. The molecule has 1 saturated heterocycles. The number of likely N-dealkylation sites (tertiary alicyclic amines) is 1. The van der Waals surface area contributed by atoms with Crippen LogP contribution in [0.3, 0.4) is 0 Å². The van der Waals surface area contributed by atoms with E-state index in [1.807, 2.05) is 0 Å². The van der Waals surface area contributed by atoms with Gasteiger partial charge >= 0.3 is 5.97 Å². The van der Waals surface area contributed by atoms with Crippen molar-refractivity contribution in [3.8, 4) is 0 Å². The number of piperidine rings is 1. The van der Waals surface area contributed by atoms with Crippen molar-refractivity contribution < 1.29 is 19.5 Å². The Morgan fingerprint density at radius 2 is 2.32 bits per heavy atom. The molecule has 1 rings (SSSR count). The summed E-state index contributed by atoms with van der Waals surface area (Å²) in [6, 6.07) is -0.916. The summed E-state index contributed by atoms with van der Waals surface area (Å²) in [5.74, 6) is -1.91. The molecule has 0 radical (unpaired) electrons. The number of amides is 2. The first-order chi connectivity index (χ1) is 8.95. The lowest BCUT2D eigenvalue weighted by molar-refractivity contribution is -0.144. The molecule has 1 aliphatic heterocycles. The molecular weight excluding hydrogens is 248 g/mol. The van der Waals surface area contributed by atoms with Crippen LogP contribution in [0.1, 0.15) is 25.7 Å². The van der Waals surface area contributed by atoms with E-state index in [0.717, 1.165) is 0 Å².